The Labute approximate surface area is 99.5 Å². The standard InChI is InChI=1S/C11H16N2O2S/c1-8(7-16-2)6-13-9-3-4-12-10(5-9)11(14)15/h3-5,8H,6-7H2,1-2H3,(H,12,13)(H,14,15). The van der Waals surface area contributed by atoms with Gasteiger partial charge < -0.3 is 10.4 Å². The first-order valence-corrected chi connectivity index (χ1v) is 6.45. The lowest BCUT2D eigenvalue weighted by Gasteiger charge is -2.12. The minimum absolute atomic E-state index is 0.0718. The van der Waals surface area contributed by atoms with Gasteiger partial charge in [-0.25, -0.2) is 9.78 Å². The highest BCUT2D eigenvalue weighted by atomic mass is 32.2. The molecule has 0 amide bonds. The van der Waals surface area contributed by atoms with Crippen molar-refractivity contribution in [2.45, 2.75) is 6.92 Å². The highest BCUT2D eigenvalue weighted by Crippen LogP contribution is 2.10. The summed E-state index contributed by atoms with van der Waals surface area (Å²) in [5.74, 6) is 0.640. The van der Waals surface area contributed by atoms with E-state index in [1.165, 1.54) is 6.20 Å². The van der Waals surface area contributed by atoms with Crippen LogP contribution >= 0.6 is 11.8 Å². The van der Waals surface area contributed by atoms with Gasteiger partial charge in [-0.3, -0.25) is 0 Å². The summed E-state index contributed by atoms with van der Waals surface area (Å²) in [6.07, 6.45) is 3.58. The van der Waals surface area contributed by atoms with E-state index >= 15 is 0 Å². The molecule has 16 heavy (non-hydrogen) atoms. The molecule has 0 aliphatic rings. The predicted molar refractivity (Wildman–Crippen MR) is 67.2 cm³/mol. The molecule has 0 saturated carbocycles. The Morgan fingerprint density at radius 3 is 3.06 bits per heavy atom. The van der Waals surface area contributed by atoms with Gasteiger partial charge in [-0.1, -0.05) is 6.92 Å². The fraction of sp³-hybridized carbons (Fsp3) is 0.455. The van der Waals surface area contributed by atoms with Crippen LogP contribution in [0.2, 0.25) is 0 Å². The van der Waals surface area contributed by atoms with Crippen molar-refractivity contribution >= 4 is 23.4 Å². The zero-order valence-corrected chi connectivity index (χ0v) is 10.3. The largest absolute Gasteiger partial charge is 0.477 e. The number of aromatic nitrogens is 1. The lowest BCUT2D eigenvalue weighted by molar-refractivity contribution is 0.0690. The number of nitrogens with zero attached hydrogens (tertiary/aromatic N) is 1. The molecule has 1 rings (SSSR count). The van der Waals surface area contributed by atoms with Gasteiger partial charge in [-0.15, -0.1) is 0 Å². The third-order valence-electron chi connectivity index (χ3n) is 2.08. The van der Waals surface area contributed by atoms with Crippen LogP contribution in [0, 0.1) is 5.92 Å². The molecule has 0 aromatic carbocycles. The van der Waals surface area contributed by atoms with E-state index in [9.17, 15) is 4.79 Å². The molecular formula is C11H16N2O2S. The SMILES string of the molecule is CSCC(C)CNc1ccnc(C(=O)O)c1. The van der Waals surface area contributed by atoms with Crippen LogP contribution in [0.4, 0.5) is 5.69 Å². The van der Waals surface area contributed by atoms with Gasteiger partial charge in [0.05, 0.1) is 0 Å². The van der Waals surface area contributed by atoms with Crippen LogP contribution in [0.3, 0.4) is 0 Å². The minimum atomic E-state index is -0.999. The Morgan fingerprint density at radius 1 is 1.69 bits per heavy atom. The molecule has 0 aliphatic heterocycles. The van der Waals surface area contributed by atoms with Gasteiger partial charge in [0.1, 0.15) is 5.69 Å². The monoisotopic (exact) mass is 240 g/mol. The van der Waals surface area contributed by atoms with Crippen LogP contribution in [0.15, 0.2) is 18.3 Å². The third kappa shape index (κ3) is 4.10. The number of nitrogens with one attached hydrogen (secondary N) is 1. The molecule has 1 unspecified atom stereocenters. The fourth-order valence-electron chi connectivity index (χ4n) is 1.29. The van der Waals surface area contributed by atoms with Crippen LogP contribution in [-0.2, 0) is 0 Å². The quantitative estimate of drug-likeness (QED) is 0.798. The van der Waals surface area contributed by atoms with E-state index in [1.54, 1.807) is 23.9 Å². The second kappa shape index (κ2) is 6.37. The smallest absolute Gasteiger partial charge is 0.354 e. The van der Waals surface area contributed by atoms with Crippen LogP contribution in [-0.4, -0.2) is 34.6 Å². The Morgan fingerprint density at radius 2 is 2.44 bits per heavy atom. The predicted octanol–water partition coefficient (Wildman–Crippen LogP) is 2.19. The van der Waals surface area contributed by atoms with Gasteiger partial charge in [0.25, 0.3) is 0 Å². The molecule has 5 heteroatoms. The summed E-state index contributed by atoms with van der Waals surface area (Å²) in [5, 5.41) is 12.0. The summed E-state index contributed by atoms with van der Waals surface area (Å²) in [4.78, 5) is 14.5. The topological polar surface area (TPSA) is 62.2 Å². The average molecular weight is 240 g/mol. The molecule has 0 radical (unpaired) electrons. The molecule has 0 aliphatic carbocycles. The Kier molecular flexibility index (Phi) is 5.11. The Hall–Kier alpha value is -1.23. The molecule has 1 atom stereocenters. The van der Waals surface area contributed by atoms with Crippen LogP contribution < -0.4 is 5.32 Å². The third-order valence-corrected chi connectivity index (χ3v) is 2.99. The van der Waals surface area contributed by atoms with Gasteiger partial charge >= 0.3 is 5.97 Å². The number of carboxylic acid groups (broad SMARTS) is 1. The maximum Gasteiger partial charge on any atom is 0.354 e. The molecule has 0 saturated heterocycles. The van der Waals surface area contributed by atoms with E-state index in [1.807, 2.05) is 0 Å². The second-order valence-electron chi connectivity index (χ2n) is 3.68. The maximum absolute atomic E-state index is 10.7. The van der Waals surface area contributed by atoms with Gasteiger partial charge in [0.15, 0.2) is 0 Å². The molecule has 4 nitrogen and oxygen atoms in total. The summed E-state index contributed by atoms with van der Waals surface area (Å²) in [6.45, 7) is 2.99. The summed E-state index contributed by atoms with van der Waals surface area (Å²) in [5.41, 5.74) is 0.878. The van der Waals surface area contributed by atoms with Crippen molar-refractivity contribution in [3.05, 3.63) is 24.0 Å². The summed E-state index contributed by atoms with van der Waals surface area (Å²) in [7, 11) is 0. The normalized spacial score (nSPS) is 12.1. The number of rotatable bonds is 6. The minimum Gasteiger partial charge on any atom is -0.477 e. The van der Waals surface area contributed by atoms with Gasteiger partial charge in [0.2, 0.25) is 0 Å². The summed E-state index contributed by atoms with van der Waals surface area (Å²) >= 11 is 1.81. The highest BCUT2D eigenvalue weighted by Gasteiger charge is 2.05. The number of anilines is 1. The zero-order valence-electron chi connectivity index (χ0n) is 9.43. The number of thioether (sulfide) groups is 1. The van der Waals surface area contributed by atoms with Crippen molar-refractivity contribution in [1.82, 2.24) is 4.98 Å². The van der Waals surface area contributed by atoms with Crippen LogP contribution in [0.25, 0.3) is 0 Å². The molecule has 0 bridgehead atoms. The average Bonchev–Trinajstić information content (AvgIpc) is 2.27. The van der Waals surface area contributed by atoms with E-state index in [4.69, 9.17) is 5.11 Å². The first-order chi connectivity index (χ1) is 7.63. The number of hydrogen-bond acceptors (Lipinski definition) is 4. The van der Waals surface area contributed by atoms with Crippen molar-refractivity contribution < 1.29 is 9.90 Å². The molecule has 1 heterocycles. The molecule has 0 fully saturated rings. The molecule has 88 valence electrons. The van der Waals surface area contributed by atoms with E-state index < -0.39 is 5.97 Å². The molecular weight excluding hydrogens is 224 g/mol. The fourth-order valence-corrected chi connectivity index (χ4v) is 1.98. The number of carbonyl (C=O) groups is 1. The van der Waals surface area contributed by atoms with E-state index in [-0.39, 0.29) is 5.69 Å². The van der Waals surface area contributed by atoms with E-state index in [0.29, 0.717) is 5.92 Å². The second-order valence-corrected chi connectivity index (χ2v) is 4.59. The van der Waals surface area contributed by atoms with Crippen molar-refractivity contribution in [3.8, 4) is 0 Å². The van der Waals surface area contributed by atoms with Crippen LogP contribution in [0.5, 0.6) is 0 Å². The van der Waals surface area contributed by atoms with E-state index in [2.05, 4.69) is 23.5 Å². The van der Waals surface area contributed by atoms with Crippen molar-refractivity contribution in [2.24, 2.45) is 5.92 Å². The number of aromatic carboxylic acids is 1. The zero-order chi connectivity index (χ0) is 12.0. The Balaban J connectivity index is 2.54. The lowest BCUT2D eigenvalue weighted by Crippen LogP contribution is -2.13. The van der Waals surface area contributed by atoms with Crippen molar-refractivity contribution in [2.75, 3.05) is 23.9 Å². The number of carboxylic acids is 1. The van der Waals surface area contributed by atoms with Gasteiger partial charge in [-0.2, -0.15) is 11.8 Å². The Bertz CT molecular complexity index is 358. The lowest BCUT2D eigenvalue weighted by atomic mass is 10.2. The maximum atomic E-state index is 10.7. The van der Waals surface area contributed by atoms with Gasteiger partial charge in [-0.05, 0) is 30.1 Å². The molecule has 2 N–H and O–H groups in total. The van der Waals surface area contributed by atoms with Crippen molar-refractivity contribution in [3.63, 3.8) is 0 Å². The number of pyridine rings is 1. The summed E-state index contributed by atoms with van der Waals surface area (Å²) in [6, 6.07) is 3.33. The summed E-state index contributed by atoms with van der Waals surface area (Å²) < 4.78 is 0. The molecule has 0 spiro atoms. The van der Waals surface area contributed by atoms with Gasteiger partial charge in [0, 0.05) is 18.4 Å². The highest BCUT2D eigenvalue weighted by molar-refractivity contribution is 7.98. The first kappa shape index (κ1) is 12.8. The van der Waals surface area contributed by atoms with E-state index in [0.717, 1.165) is 18.0 Å². The van der Waals surface area contributed by atoms with Crippen molar-refractivity contribution in [1.29, 1.82) is 0 Å². The molecule has 1 aromatic heterocycles. The number of hydrogen-bond donors (Lipinski definition) is 2. The van der Waals surface area contributed by atoms with Crippen LogP contribution in [0.1, 0.15) is 17.4 Å². The first-order valence-electron chi connectivity index (χ1n) is 5.05. The molecule has 1 aromatic rings.